The van der Waals surface area contributed by atoms with Gasteiger partial charge in [-0.25, -0.2) is 0 Å². The number of H-pyrrole nitrogens is 1. The second-order valence-corrected chi connectivity index (χ2v) is 10.3. The van der Waals surface area contributed by atoms with Gasteiger partial charge in [-0.1, -0.05) is 29.3 Å². The third-order valence-electron chi connectivity index (χ3n) is 6.88. The monoisotopic (exact) mass is 564 g/mol. The number of alkyl halides is 3. The van der Waals surface area contributed by atoms with Crippen LogP contribution in [-0.2, 0) is 12.6 Å². The third kappa shape index (κ3) is 4.52. The third-order valence-corrected chi connectivity index (χ3v) is 7.79. The van der Waals surface area contributed by atoms with Crippen LogP contribution in [0.5, 0.6) is 5.75 Å². The summed E-state index contributed by atoms with van der Waals surface area (Å²) in [7, 11) is 0. The number of amides is 1. The zero-order valence-electron chi connectivity index (χ0n) is 20.9. The Morgan fingerprint density at radius 3 is 2.58 bits per heavy atom. The van der Waals surface area contributed by atoms with Crippen molar-refractivity contribution in [3.63, 3.8) is 0 Å². The summed E-state index contributed by atoms with van der Waals surface area (Å²) in [5.74, 6) is 0.428. The van der Waals surface area contributed by atoms with Gasteiger partial charge in [0.1, 0.15) is 17.1 Å². The molecule has 2 aromatic carbocycles. The molecule has 11 heteroatoms. The van der Waals surface area contributed by atoms with Crippen LogP contribution in [0.2, 0.25) is 10.0 Å². The number of aryl methyl sites for hydroxylation is 3. The molecule has 2 aromatic heterocycles. The number of nitrogens with one attached hydrogen (secondary N) is 2. The predicted molar refractivity (Wildman–Crippen MR) is 141 cm³/mol. The van der Waals surface area contributed by atoms with Crippen LogP contribution in [-0.4, -0.2) is 33.8 Å². The maximum absolute atomic E-state index is 13.8. The van der Waals surface area contributed by atoms with E-state index in [4.69, 9.17) is 27.9 Å². The SMILES string of the molecule is Cc1cc(OCCCc2c3n(c4c(-c5cn[nH]c5C(F)(F)F)c(Cl)ccc24)C(C)CNC3=O)cc(C)c1Cl. The van der Waals surface area contributed by atoms with Crippen molar-refractivity contribution in [3.05, 3.63) is 68.6 Å². The fourth-order valence-corrected chi connectivity index (χ4v) is 5.54. The molecule has 0 fully saturated rings. The van der Waals surface area contributed by atoms with Gasteiger partial charge in [0.2, 0.25) is 0 Å². The number of hydrogen-bond acceptors (Lipinski definition) is 3. The maximum Gasteiger partial charge on any atom is 0.433 e. The molecule has 6 nitrogen and oxygen atoms in total. The summed E-state index contributed by atoms with van der Waals surface area (Å²) in [5.41, 5.74) is 2.55. The van der Waals surface area contributed by atoms with Crippen LogP contribution in [0.4, 0.5) is 13.2 Å². The molecule has 1 aliphatic heterocycles. The van der Waals surface area contributed by atoms with Crippen LogP contribution in [0.15, 0.2) is 30.5 Å². The van der Waals surface area contributed by atoms with Crippen molar-refractivity contribution in [2.75, 3.05) is 13.2 Å². The summed E-state index contributed by atoms with van der Waals surface area (Å²) in [4.78, 5) is 13.1. The Morgan fingerprint density at radius 2 is 1.89 bits per heavy atom. The molecule has 3 heterocycles. The second kappa shape index (κ2) is 9.85. The normalized spacial score (nSPS) is 15.6. The average Bonchev–Trinajstić information content (AvgIpc) is 3.47. The summed E-state index contributed by atoms with van der Waals surface area (Å²) in [5, 5.41) is 10.1. The van der Waals surface area contributed by atoms with Crippen molar-refractivity contribution in [2.45, 2.75) is 45.8 Å². The van der Waals surface area contributed by atoms with Crippen molar-refractivity contribution >= 4 is 40.0 Å². The molecule has 1 amide bonds. The lowest BCUT2D eigenvalue weighted by Gasteiger charge is -2.25. The highest BCUT2D eigenvalue weighted by Crippen LogP contribution is 2.45. The minimum atomic E-state index is -4.66. The van der Waals surface area contributed by atoms with Gasteiger partial charge in [-0.15, -0.1) is 0 Å². The number of nitrogens with zero attached hydrogens (tertiary/aromatic N) is 2. The van der Waals surface area contributed by atoms with Crippen molar-refractivity contribution < 1.29 is 22.7 Å². The topological polar surface area (TPSA) is 71.9 Å². The van der Waals surface area contributed by atoms with E-state index in [9.17, 15) is 18.0 Å². The smallest absolute Gasteiger partial charge is 0.433 e. The number of carbonyl (C=O) groups is 1. The number of carbonyl (C=O) groups excluding carboxylic acids is 1. The molecule has 0 aliphatic carbocycles. The van der Waals surface area contributed by atoms with Gasteiger partial charge in [0.25, 0.3) is 5.91 Å². The van der Waals surface area contributed by atoms with Gasteiger partial charge in [0.05, 0.1) is 23.3 Å². The van der Waals surface area contributed by atoms with Crippen molar-refractivity contribution in [2.24, 2.45) is 0 Å². The number of rotatable bonds is 6. The second-order valence-electron chi connectivity index (χ2n) is 9.55. The predicted octanol–water partition coefficient (Wildman–Crippen LogP) is 7.29. The molecule has 1 unspecified atom stereocenters. The molecule has 1 atom stereocenters. The first-order valence-electron chi connectivity index (χ1n) is 12.1. The van der Waals surface area contributed by atoms with Crippen LogP contribution in [0.3, 0.4) is 0 Å². The fourth-order valence-electron chi connectivity index (χ4n) is 5.18. The van der Waals surface area contributed by atoms with E-state index in [1.165, 1.54) is 0 Å². The highest BCUT2D eigenvalue weighted by Gasteiger charge is 2.38. The Morgan fingerprint density at radius 1 is 1.18 bits per heavy atom. The molecule has 4 aromatic rings. The molecule has 0 radical (unpaired) electrons. The minimum Gasteiger partial charge on any atom is -0.494 e. The van der Waals surface area contributed by atoms with E-state index in [1.807, 2.05) is 37.5 Å². The Kier molecular flexibility index (Phi) is 6.86. The van der Waals surface area contributed by atoms with Gasteiger partial charge >= 0.3 is 6.18 Å². The van der Waals surface area contributed by atoms with E-state index >= 15 is 0 Å². The molecular formula is C27H25Cl2F3N4O2. The van der Waals surface area contributed by atoms with Crippen molar-refractivity contribution in [1.29, 1.82) is 0 Å². The number of halogens is 5. The number of fused-ring (bicyclic) bond motifs is 3. The molecular weight excluding hydrogens is 540 g/mol. The Labute approximate surface area is 227 Å². The van der Waals surface area contributed by atoms with E-state index in [1.54, 1.807) is 12.1 Å². The van der Waals surface area contributed by atoms with Gasteiger partial charge in [-0.05, 0) is 68.5 Å². The summed E-state index contributed by atoms with van der Waals surface area (Å²) in [6.45, 7) is 6.45. The maximum atomic E-state index is 13.8. The lowest BCUT2D eigenvalue weighted by molar-refractivity contribution is -0.140. The lowest BCUT2D eigenvalue weighted by atomic mass is 9.99. The summed E-state index contributed by atoms with van der Waals surface area (Å²) in [6, 6.07) is 6.88. The number of aromatic nitrogens is 3. The molecule has 0 saturated carbocycles. The van der Waals surface area contributed by atoms with E-state index in [0.29, 0.717) is 53.4 Å². The highest BCUT2D eigenvalue weighted by atomic mass is 35.5. The molecule has 2 N–H and O–H groups in total. The van der Waals surface area contributed by atoms with Gasteiger partial charge in [-0.3, -0.25) is 9.89 Å². The van der Waals surface area contributed by atoms with Crippen LogP contribution in [0, 0.1) is 13.8 Å². The molecule has 5 rings (SSSR count). The first kappa shape index (κ1) is 26.4. The number of ether oxygens (including phenoxy) is 1. The van der Waals surface area contributed by atoms with Crippen LogP contribution < -0.4 is 10.1 Å². The first-order valence-corrected chi connectivity index (χ1v) is 12.9. The van der Waals surface area contributed by atoms with Gasteiger partial charge in [0.15, 0.2) is 0 Å². The quantitative estimate of drug-likeness (QED) is 0.241. The Balaban J connectivity index is 1.57. The Bertz CT molecular complexity index is 1540. The van der Waals surface area contributed by atoms with E-state index in [-0.39, 0.29) is 28.1 Å². The lowest BCUT2D eigenvalue weighted by Crippen LogP contribution is -2.38. The van der Waals surface area contributed by atoms with Crippen LogP contribution in [0.25, 0.3) is 22.0 Å². The number of aromatic amines is 1. The van der Waals surface area contributed by atoms with Crippen molar-refractivity contribution in [1.82, 2.24) is 20.1 Å². The number of benzene rings is 2. The molecule has 0 saturated heterocycles. The largest absolute Gasteiger partial charge is 0.494 e. The highest BCUT2D eigenvalue weighted by molar-refractivity contribution is 6.35. The van der Waals surface area contributed by atoms with Crippen LogP contribution in [0.1, 0.15) is 52.3 Å². The fraction of sp³-hybridized carbons (Fsp3) is 0.333. The summed E-state index contributed by atoms with van der Waals surface area (Å²) >= 11 is 12.8. The van der Waals surface area contributed by atoms with Gasteiger partial charge in [0, 0.05) is 34.1 Å². The van der Waals surface area contributed by atoms with E-state index in [0.717, 1.165) is 22.9 Å². The number of hydrogen-bond donors (Lipinski definition) is 2. The minimum absolute atomic E-state index is 0.145. The van der Waals surface area contributed by atoms with Crippen molar-refractivity contribution in [3.8, 4) is 16.9 Å². The molecule has 38 heavy (non-hydrogen) atoms. The molecule has 0 spiro atoms. The average molecular weight is 565 g/mol. The zero-order chi connectivity index (χ0) is 27.4. The van der Waals surface area contributed by atoms with Crippen LogP contribution >= 0.6 is 23.2 Å². The molecule has 1 aliphatic rings. The van der Waals surface area contributed by atoms with E-state index < -0.39 is 11.9 Å². The Hall–Kier alpha value is -3.17. The summed E-state index contributed by atoms with van der Waals surface area (Å²) < 4.78 is 49.1. The van der Waals surface area contributed by atoms with Gasteiger partial charge in [-0.2, -0.15) is 18.3 Å². The molecule has 200 valence electrons. The molecule has 0 bridgehead atoms. The summed E-state index contributed by atoms with van der Waals surface area (Å²) in [6.07, 6.45) is -2.48. The zero-order valence-corrected chi connectivity index (χ0v) is 22.4. The first-order chi connectivity index (χ1) is 18.0. The van der Waals surface area contributed by atoms with E-state index in [2.05, 4.69) is 15.5 Å². The van der Waals surface area contributed by atoms with Gasteiger partial charge < -0.3 is 14.6 Å². The standard InChI is InChI=1S/C27H25Cl2F3N4O2/c1-13-9-16(10-14(2)22(13)29)38-8-4-5-17-18-6-7-20(28)21(19-12-34-35-25(19)27(30,31)32)23(18)36-15(3)11-33-26(37)24(17)36/h6-7,9-10,12,15H,4-5,8,11H2,1-3H3,(H,33,37)(H,34,35).